The van der Waals surface area contributed by atoms with Gasteiger partial charge in [0.25, 0.3) is 0 Å². The van der Waals surface area contributed by atoms with Crippen molar-refractivity contribution in [3.05, 3.63) is 0 Å². The molecule has 2 rings (SSSR count). The second-order valence-electron chi connectivity index (χ2n) is 7.15. The standard InChI is InChI=1S/C16H27ClN2O6/c1-8-12(21)13(25-17)16(3,23)15(24-8)19-14(22)10-6-4-5-7-11(10)18-9(2)20/h8,10-13,15,21,23H,4-7H2,1-3H3,(H,18,20)(H,19,22). The van der Waals surface area contributed by atoms with Crippen LogP contribution in [0.2, 0.25) is 0 Å². The normalized spacial score (nSPS) is 41.8. The topological polar surface area (TPSA) is 117 Å². The molecule has 1 saturated heterocycles. The Bertz CT molecular complexity index is 503. The van der Waals surface area contributed by atoms with Gasteiger partial charge in [0.05, 0.1) is 23.9 Å². The first-order valence-corrected chi connectivity index (χ1v) is 8.90. The maximum atomic E-state index is 12.7. The minimum Gasteiger partial charge on any atom is -0.388 e. The van der Waals surface area contributed by atoms with E-state index >= 15 is 0 Å². The molecule has 4 N–H and O–H groups in total. The van der Waals surface area contributed by atoms with Crippen molar-refractivity contribution in [1.29, 1.82) is 0 Å². The number of carbonyl (C=O) groups excluding carboxylic acids is 2. The molecular formula is C16H27ClN2O6. The number of aliphatic hydroxyl groups excluding tert-OH is 1. The van der Waals surface area contributed by atoms with Crippen LogP contribution >= 0.6 is 11.9 Å². The lowest BCUT2D eigenvalue weighted by atomic mass is 9.83. The first-order chi connectivity index (χ1) is 11.7. The molecule has 7 unspecified atom stereocenters. The zero-order chi connectivity index (χ0) is 18.8. The molecule has 7 atom stereocenters. The number of rotatable bonds is 4. The first-order valence-electron chi connectivity index (χ1n) is 8.59. The van der Waals surface area contributed by atoms with Crippen LogP contribution in [-0.4, -0.2) is 58.2 Å². The smallest absolute Gasteiger partial charge is 0.227 e. The summed E-state index contributed by atoms with van der Waals surface area (Å²) in [5.74, 6) is -0.909. The van der Waals surface area contributed by atoms with Crippen LogP contribution in [0.1, 0.15) is 46.5 Å². The van der Waals surface area contributed by atoms with E-state index in [2.05, 4.69) is 10.6 Å². The fourth-order valence-electron chi connectivity index (χ4n) is 3.61. The number of halogens is 1. The predicted octanol–water partition coefficient (Wildman–Crippen LogP) is 0.193. The molecule has 2 amide bonds. The highest BCUT2D eigenvalue weighted by atomic mass is 35.5. The van der Waals surface area contributed by atoms with E-state index in [0.29, 0.717) is 6.42 Å². The van der Waals surface area contributed by atoms with Gasteiger partial charge in [0.2, 0.25) is 11.8 Å². The Morgan fingerprint density at radius 2 is 1.92 bits per heavy atom. The van der Waals surface area contributed by atoms with E-state index in [1.54, 1.807) is 6.92 Å². The molecule has 0 radical (unpaired) electrons. The summed E-state index contributed by atoms with van der Waals surface area (Å²) >= 11 is 5.42. The van der Waals surface area contributed by atoms with Gasteiger partial charge < -0.3 is 25.6 Å². The van der Waals surface area contributed by atoms with Crippen molar-refractivity contribution < 1.29 is 28.8 Å². The molecule has 1 heterocycles. The minimum absolute atomic E-state index is 0.182. The summed E-state index contributed by atoms with van der Waals surface area (Å²) in [6.07, 6.45) is -0.852. The monoisotopic (exact) mass is 378 g/mol. The van der Waals surface area contributed by atoms with Crippen LogP contribution in [0.25, 0.3) is 0 Å². The number of aliphatic hydroxyl groups is 2. The molecular weight excluding hydrogens is 352 g/mol. The van der Waals surface area contributed by atoms with Crippen LogP contribution in [0.3, 0.4) is 0 Å². The summed E-state index contributed by atoms with van der Waals surface area (Å²) in [6.45, 7) is 4.40. The highest BCUT2D eigenvalue weighted by molar-refractivity contribution is 6.07. The van der Waals surface area contributed by atoms with Crippen LogP contribution in [0, 0.1) is 5.92 Å². The van der Waals surface area contributed by atoms with Gasteiger partial charge in [-0.1, -0.05) is 12.8 Å². The summed E-state index contributed by atoms with van der Waals surface area (Å²) in [7, 11) is 0. The molecule has 0 aromatic rings. The van der Waals surface area contributed by atoms with Crippen LogP contribution in [0.15, 0.2) is 0 Å². The van der Waals surface area contributed by atoms with Gasteiger partial charge in [0, 0.05) is 13.0 Å². The third-order valence-electron chi connectivity index (χ3n) is 5.11. The molecule has 1 aliphatic carbocycles. The Morgan fingerprint density at radius 1 is 1.28 bits per heavy atom. The minimum atomic E-state index is -1.72. The third-order valence-corrected chi connectivity index (χ3v) is 5.30. The molecule has 1 aliphatic heterocycles. The molecule has 0 aromatic carbocycles. The van der Waals surface area contributed by atoms with Crippen molar-refractivity contribution in [3.8, 4) is 0 Å². The Balaban J connectivity index is 2.10. The van der Waals surface area contributed by atoms with Crippen molar-refractivity contribution in [3.63, 3.8) is 0 Å². The number of amides is 2. The van der Waals surface area contributed by atoms with Crippen LogP contribution in [0.5, 0.6) is 0 Å². The van der Waals surface area contributed by atoms with Gasteiger partial charge in [0.15, 0.2) is 6.23 Å². The van der Waals surface area contributed by atoms with Crippen LogP contribution < -0.4 is 10.6 Å². The Hall–Kier alpha value is -0.930. The van der Waals surface area contributed by atoms with E-state index in [-0.39, 0.29) is 17.9 Å². The summed E-state index contributed by atoms with van der Waals surface area (Å²) in [5.41, 5.74) is -1.72. The molecule has 8 nitrogen and oxygen atoms in total. The average Bonchev–Trinajstić information content (AvgIpc) is 2.53. The van der Waals surface area contributed by atoms with E-state index in [9.17, 15) is 19.8 Å². The summed E-state index contributed by atoms with van der Waals surface area (Å²) < 4.78 is 10.3. The lowest BCUT2D eigenvalue weighted by molar-refractivity contribution is -0.258. The van der Waals surface area contributed by atoms with Crippen LogP contribution in [0.4, 0.5) is 0 Å². The highest BCUT2D eigenvalue weighted by Gasteiger charge is 2.53. The maximum Gasteiger partial charge on any atom is 0.227 e. The van der Waals surface area contributed by atoms with Gasteiger partial charge in [0.1, 0.15) is 17.8 Å². The zero-order valence-electron chi connectivity index (χ0n) is 14.7. The van der Waals surface area contributed by atoms with Crippen LogP contribution in [-0.2, 0) is 18.6 Å². The lowest BCUT2D eigenvalue weighted by Crippen LogP contribution is -2.69. The predicted molar refractivity (Wildman–Crippen MR) is 89.4 cm³/mol. The zero-order valence-corrected chi connectivity index (χ0v) is 15.5. The molecule has 0 aromatic heterocycles. The van der Waals surface area contributed by atoms with Gasteiger partial charge >= 0.3 is 0 Å². The van der Waals surface area contributed by atoms with E-state index in [4.69, 9.17) is 20.9 Å². The number of carbonyl (C=O) groups is 2. The number of ether oxygens (including phenoxy) is 1. The first kappa shape index (κ1) is 20.4. The number of hydrogen-bond donors (Lipinski definition) is 4. The van der Waals surface area contributed by atoms with Gasteiger partial charge in [-0.15, -0.1) is 0 Å². The van der Waals surface area contributed by atoms with Gasteiger partial charge in [-0.2, -0.15) is 0 Å². The average molecular weight is 379 g/mol. The number of nitrogens with one attached hydrogen (secondary N) is 2. The highest BCUT2D eigenvalue weighted by Crippen LogP contribution is 2.32. The number of hydrogen-bond acceptors (Lipinski definition) is 6. The Kier molecular flexibility index (Phi) is 6.67. The molecule has 9 heteroatoms. The van der Waals surface area contributed by atoms with Gasteiger partial charge in [-0.05, 0) is 26.7 Å². The molecule has 2 aliphatic rings. The van der Waals surface area contributed by atoms with Crippen molar-refractivity contribution in [2.75, 3.05) is 0 Å². The molecule has 2 fully saturated rings. The largest absolute Gasteiger partial charge is 0.388 e. The van der Waals surface area contributed by atoms with Gasteiger partial charge in [-0.25, -0.2) is 0 Å². The van der Waals surface area contributed by atoms with E-state index in [0.717, 1.165) is 19.3 Å². The van der Waals surface area contributed by atoms with Crippen molar-refractivity contribution >= 4 is 23.7 Å². The molecule has 1 saturated carbocycles. The summed E-state index contributed by atoms with van der Waals surface area (Å²) in [6, 6.07) is -0.247. The fourth-order valence-corrected chi connectivity index (χ4v) is 3.90. The van der Waals surface area contributed by atoms with Crippen molar-refractivity contribution in [1.82, 2.24) is 10.6 Å². The molecule has 25 heavy (non-hydrogen) atoms. The second kappa shape index (κ2) is 8.18. The fraction of sp³-hybridized carbons (Fsp3) is 0.875. The van der Waals surface area contributed by atoms with Gasteiger partial charge in [-0.3, -0.25) is 13.9 Å². The molecule has 144 valence electrons. The summed E-state index contributed by atoms with van der Waals surface area (Å²) in [4.78, 5) is 24.1. The third kappa shape index (κ3) is 4.43. The Labute approximate surface area is 152 Å². The maximum absolute atomic E-state index is 12.7. The SMILES string of the molecule is CC(=O)NC1CCCCC1C(=O)NC1OC(C)C(O)C(OCl)C1(C)O. The van der Waals surface area contributed by atoms with E-state index < -0.39 is 36.1 Å². The quantitative estimate of drug-likeness (QED) is 0.555. The molecule has 0 spiro atoms. The van der Waals surface area contributed by atoms with Crippen molar-refractivity contribution in [2.24, 2.45) is 5.92 Å². The second-order valence-corrected chi connectivity index (χ2v) is 7.33. The molecule has 0 bridgehead atoms. The Morgan fingerprint density at radius 3 is 2.52 bits per heavy atom. The summed E-state index contributed by atoms with van der Waals surface area (Å²) in [5, 5.41) is 26.2. The van der Waals surface area contributed by atoms with Crippen molar-refractivity contribution in [2.45, 2.75) is 82.6 Å². The van der Waals surface area contributed by atoms with E-state index in [1.165, 1.54) is 13.8 Å². The van der Waals surface area contributed by atoms with E-state index in [1.807, 2.05) is 0 Å². The lowest BCUT2D eigenvalue weighted by Gasteiger charge is -2.47.